The van der Waals surface area contributed by atoms with Crippen molar-refractivity contribution in [1.29, 1.82) is 0 Å². The van der Waals surface area contributed by atoms with E-state index in [0.717, 1.165) is 16.5 Å². The van der Waals surface area contributed by atoms with Crippen LogP contribution < -0.4 is 0 Å². The third-order valence-corrected chi connectivity index (χ3v) is 4.06. The van der Waals surface area contributed by atoms with Crippen molar-refractivity contribution in [2.75, 3.05) is 0 Å². The van der Waals surface area contributed by atoms with E-state index in [1.807, 2.05) is 37.3 Å². The van der Waals surface area contributed by atoms with Crippen LogP contribution in [0.3, 0.4) is 0 Å². The average molecular weight is 337 g/mol. The maximum absolute atomic E-state index is 13.8. The normalized spacial score (nSPS) is 14.0. The maximum Gasteiger partial charge on any atom is 0.126 e. The van der Waals surface area contributed by atoms with Crippen LogP contribution in [-0.2, 0) is 6.42 Å². The minimum atomic E-state index is -0.591. The first kappa shape index (κ1) is 15.2. The molecular weight excluding hydrogens is 319 g/mol. The number of rotatable bonds is 5. The quantitative estimate of drug-likeness (QED) is 0.840. The minimum absolute atomic E-state index is 0.0228. The van der Waals surface area contributed by atoms with Gasteiger partial charge in [-0.2, -0.15) is 0 Å². The van der Waals surface area contributed by atoms with Gasteiger partial charge in [0.05, 0.1) is 6.10 Å². The van der Waals surface area contributed by atoms with E-state index in [0.29, 0.717) is 12.0 Å². The Morgan fingerprint density at radius 3 is 2.50 bits per heavy atom. The fraction of sp³-hybridized carbons (Fsp3) is 0.294. The van der Waals surface area contributed by atoms with E-state index in [-0.39, 0.29) is 11.7 Å². The van der Waals surface area contributed by atoms with Gasteiger partial charge in [0.2, 0.25) is 0 Å². The van der Waals surface area contributed by atoms with E-state index < -0.39 is 6.10 Å². The first-order chi connectivity index (χ1) is 9.61. The van der Waals surface area contributed by atoms with Gasteiger partial charge in [0.15, 0.2) is 0 Å². The first-order valence-electron chi connectivity index (χ1n) is 6.78. The fourth-order valence-electron chi connectivity index (χ4n) is 2.50. The molecule has 0 radical (unpaired) electrons. The molecule has 106 valence electrons. The highest BCUT2D eigenvalue weighted by atomic mass is 79.9. The summed E-state index contributed by atoms with van der Waals surface area (Å²) in [5.74, 6) is -0.246. The van der Waals surface area contributed by atoms with E-state index in [9.17, 15) is 9.50 Å². The second kappa shape index (κ2) is 7.00. The summed E-state index contributed by atoms with van der Waals surface area (Å²) in [7, 11) is 0. The Bertz CT molecular complexity index is 556. The second-order valence-electron chi connectivity index (χ2n) is 4.93. The molecule has 0 aromatic heterocycles. The fourth-order valence-corrected chi connectivity index (χ4v) is 2.91. The van der Waals surface area contributed by atoms with E-state index in [1.54, 1.807) is 12.1 Å². The predicted molar refractivity (Wildman–Crippen MR) is 83.3 cm³/mol. The molecule has 0 amide bonds. The Balaban J connectivity index is 2.17. The zero-order valence-electron chi connectivity index (χ0n) is 11.4. The van der Waals surface area contributed by atoms with Crippen molar-refractivity contribution in [3.8, 4) is 0 Å². The molecule has 0 saturated heterocycles. The maximum atomic E-state index is 13.8. The molecule has 0 fully saturated rings. The Labute approximate surface area is 127 Å². The van der Waals surface area contributed by atoms with Crippen LogP contribution in [0, 0.1) is 5.82 Å². The Morgan fingerprint density at radius 1 is 1.15 bits per heavy atom. The van der Waals surface area contributed by atoms with Gasteiger partial charge in [-0.1, -0.05) is 53.2 Å². The number of benzene rings is 2. The number of hydrogen-bond acceptors (Lipinski definition) is 1. The van der Waals surface area contributed by atoms with Crippen LogP contribution in [0.4, 0.5) is 4.39 Å². The highest BCUT2D eigenvalue weighted by molar-refractivity contribution is 9.10. The molecule has 0 aliphatic carbocycles. The van der Waals surface area contributed by atoms with Gasteiger partial charge >= 0.3 is 0 Å². The molecule has 1 N–H and O–H groups in total. The minimum Gasteiger partial charge on any atom is -0.392 e. The van der Waals surface area contributed by atoms with Crippen LogP contribution in [0.2, 0.25) is 0 Å². The van der Waals surface area contributed by atoms with E-state index in [4.69, 9.17) is 0 Å². The van der Waals surface area contributed by atoms with Gasteiger partial charge in [-0.15, -0.1) is 0 Å². The van der Waals surface area contributed by atoms with Gasteiger partial charge in [0.25, 0.3) is 0 Å². The molecule has 2 atom stereocenters. The summed E-state index contributed by atoms with van der Waals surface area (Å²) >= 11 is 3.34. The average Bonchev–Trinajstić information content (AvgIpc) is 2.45. The van der Waals surface area contributed by atoms with E-state index in [1.165, 1.54) is 6.07 Å². The summed E-state index contributed by atoms with van der Waals surface area (Å²) in [5.41, 5.74) is 1.64. The van der Waals surface area contributed by atoms with Gasteiger partial charge in [-0.3, -0.25) is 0 Å². The third-order valence-electron chi connectivity index (χ3n) is 3.57. The van der Waals surface area contributed by atoms with Crippen LogP contribution in [0.5, 0.6) is 0 Å². The Morgan fingerprint density at radius 2 is 1.85 bits per heavy atom. The first-order valence-corrected chi connectivity index (χ1v) is 7.58. The lowest BCUT2D eigenvalue weighted by Crippen LogP contribution is -2.21. The molecule has 1 nitrogen and oxygen atoms in total. The smallest absolute Gasteiger partial charge is 0.126 e. The molecule has 0 aliphatic rings. The number of aliphatic hydroxyl groups excluding tert-OH is 1. The summed E-state index contributed by atoms with van der Waals surface area (Å²) in [5, 5.41) is 10.4. The van der Waals surface area contributed by atoms with Crippen LogP contribution in [0.15, 0.2) is 53.0 Å². The molecule has 0 saturated carbocycles. The summed E-state index contributed by atoms with van der Waals surface area (Å²) in [6, 6.07) is 14.7. The Hall–Kier alpha value is -1.19. The largest absolute Gasteiger partial charge is 0.392 e. The highest BCUT2D eigenvalue weighted by Crippen LogP contribution is 2.27. The lowest BCUT2D eigenvalue weighted by atomic mass is 9.87. The Kier molecular flexibility index (Phi) is 5.32. The van der Waals surface area contributed by atoms with Crippen molar-refractivity contribution < 1.29 is 9.50 Å². The number of hydrogen-bond donors (Lipinski definition) is 1. The molecule has 2 aromatic carbocycles. The predicted octanol–water partition coefficient (Wildman–Crippen LogP) is 4.69. The summed E-state index contributed by atoms with van der Waals surface area (Å²) in [6.07, 6.45) is 0.547. The van der Waals surface area contributed by atoms with Crippen molar-refractivity contribution in [1.82, 2.24) is 0 Å². The van der Waals surface area contributed by atoms with Crippen LogP contribution in [-0.4, -0.2) is 11.2 Å². The van der Waals surface area contributed by atoms with Crippen molar-refractivity contribution in [2.45, 2.75) is 31.8 Å². The van der Waals surface area contributed by atoms with E-state index >= 15 is 0 Å². The lowest BCUT2D eigenvalue weighted by molar-refractivity contribution is 0.139. The van der Waals surface area contributed by atoms with Gasteiger partial charge in [0, 0.05) is 16.8 Å². The van der Waals surface area contributed by atoms with E-state index in [2.05, 4.69) is 15.9 Å². The zero-order chi connectivity index (χ0) is 14.5. The molecule has 2 unspecified atom stereocenters. The molecule has 0 bridgehead atoms. The van der Waals surface area contributed by atoms with Crippen LogP contribution in [0.1, 0.15) is 30.4 Å². The molecule has 2 aromatic rings. The topological polar surface area (TPSA) is 20.2 Å². The van der Waals surface area contributed by atoms with Gasteiger partial charge in [-0.05, 0) is 35.7 Å². The summed E-state index contributed by atoms with van der Waals surface area (Å²) in [6.45, 7) is 2.04. The molecule has 2 rings (SSSR count). The number of aliphatic hydroxyl groups is 1. The number of halogens is 2. The van der Waals surface area contributed by atoms with Crippen molar-refractivity contribution in [3.05, 3.63) is 69.9 Å². The standard InChI is InChI=1S/C17H18BrFO/c1-2-15(12-6-4-3-5-7-12)17(20)11-13-10-14(18)8-9-16(13)19/h3-10,15,17,20H,2,11H2,1H3. The van der Waals surface area contributed by atoms with Gasteiger partial charge in [-0.25, -0.2) is 4.39 Å². The van der Waals surface area contributed by atoms with Gasteiger partial charge < -0.3 is 5.11 Å². The second-order valence-corrected chi connectivity index (χ2v) is 5.85. The summed E-state index contributed by atoms with van der Waals surface area (Å²) < 4.78 is 14.6. The van der Waals surface area contributed by atoms with Crippen molar-refractivity contribution >= 4 is 15.9 Å². The molecular formula is C17H18BrFO. The highest BCUT2D eigenvalue weighted by Gasteiger charge is 2.20. The molecule has 0 heterocycles. The van der Waals surface area contributed by atoms with Crippen LogP contribution >= 0.6 is 15.9 Å². The molecule has 3 heteroatoms. The third kappa shape index (κ3) is 3.68. The molecule has 20 heavy (non-hydrogen) atoms. The molecule has 0 aliphatic heterocycles. The lowest BCUT2D eigenvalue weighted by Gasteiger charge is -2.22. The van der Waals surface area contributed by atoms with Crippen LogP contribution in [0.25, 0.3) is 0 Å². The monoisotopic (exact) mass is 336 g/mol. The van der Waals surface area contributed by atoms with Crippen molar-refractivity contribution in [3.63, 3.8) is 0 Å². The summed E-state index contributed by atoms with van der Waals surface area (Å²) in [4.78, 5) is 0. The zero-order valence-corrected chi connectivity index (χ0v) is 13.0. The van der Waals surface area contributed by atoms with Crippen molar-refractivity contribution in [2.24, 2.45) is 0 Å². The van der Waals surface area contributed by atoms with Gasteiger partial charge in [0.1, 0.15) is 5.82 Å². The SMILES string of the molecule is CCC(c1ccccc1)C(O)Cc1cc(Br)ccc1F. The molecule has 0 spiro atoms.